The van der Waals surface area contributed by atoms with Gasteiger partial charge in [-0.3, -0.25) is 9.59 Å². The maximum atomic E-state index is 11.9. The highest BCUT2D eigenvalue weighted by molar-refractivity contribution is 5.96. The minimum atomic E-state index is -0.555. The maximum Gasteiger partial charge on any atom is 0.338 e. The second kappa shape index (κ2) is 7.92. The fraction of sp³-hybridized carbons (Fsp3) is 0.167. The summed E-state index contributed by atoms with van der Waals surface area (Å²) in [6, 6.07) is 13.6. The molecule has 0 aromatic heterocycles. The third-order valence-corrected chi connectivity index (χ3v) is 3.05. The molecule has 2 aromatic carbocycles. The number of rotatable bonds is 5. The van der Waals surface area contributed by atoms with Crippen molar-refractivity contribution in [1.29, 1.82) is 0 Å². The Labute approximate surface area is 139 Å². The zero-order valence-electron chi connectivity index (χ0n) is 13.5. The van der Waals surface area contributed by atoms with E-state index in [1.807, 2.05) is 13.0 Å². The van der Waals surface area contributed by atoms with Crippen LogP contribution in [0, 0.1) is 6.92 Å². The Hall–Kier alpha value is -3.15. The van der Waals surface area contributed by atoms with Crippen LogP contribution in [0.2, 0.25) is 0 Å². The fourth-order valence-corrected chi connectivity index (χ4v) is 2.06. The molecule has 0 saturated carbocycles. The minimum Gasteiger partial charge on any atom is -0.452 e. The van der Waals surface area contributed by atoms with Crippen LogP contribution in [0.5, 0.6) is 0 Å². The van der Waals surface area contributed by atoms with E-state index in [1.165, 1.54) is 6.92 Å². The highest BCUT2D eigenvalue weighted by atomic mass is 16.5. The van der Waals surface area contributed by atoms with Gasteiger partial charge in [0.25, 0.3) is 5.91 Å². The van der Waals surface area contributed by atoms with Gasteiger partial charge in [-0.2, -0.15) is 0 Å². The van der Waals surface area contributed by atoms with Crippen molar-refractivity contribution < 1.29 is 19.1 Å². The molecule has 0 aliphatic heterocycles. The summed E-state index contributed by atoms with van der Waals surface area (Å²) in [6.45, 7) is 2.87. The molecule has 0 fully saturated rings. The number of aryl methyl sites for hydroxylation is 1. The Morgan fingerprint density at radius 3 is 2.29 bits per heavy atom. The SMILES string of the molecule is CC(=O)Nc1cccc(NC(=O)COC(=O)c2cccc(C)c2)c1. The molecule has 24 heavy (non-hydrogen) atoms. The number of anilines is 2. The molecule has 2 rings (SSSR count). The van der Waals surface area contributed by atoms with Crippen LogP contribution in [0.15, 0.2) is 48.5 Å². The second-order valence-electron chi connectivity index (χ2n) is 5.26. The van der Waals surface area contributed by atoms with Gasteiger partial charge in [-0.05, 0) is 37.3 Å². The van der Waals surface area contributed by atoms with Crippen LogP contribution in [0.4, 0.5) is 11.4 Å². The van der Waals surface area contributed by atoms with E-state index in [0.29, 0.717) is 16.9 Å². The first-order valence-electron chi connectivity index (χ1n) is 7.35. The predicted molar refractivity (Wildman–Crippen MR) is 90.8 cm³/mol. The summed E-state index contributed by atoms with van der Waals surface area (Å²) in [5.74, 6) is -1.22. The van der Waals surface area contributed by atoms with Gasteiger partial charge in [0.15, 0.2) is 6.61 Å². The molecule has 0 radical (unpaired) electrons. The Kier molecular flexibility index (Phi) is 5.68. The lowest BCUT2D eigenvalue weighted by Crippen LogP contribution is -2.21. The lowest BCUT2D eigenvalue weighted by atomic mass is 10.1. The number of benzene rings is 2. The number of nitrogens with one attached hydrogen (secondary N) is 2. The maximum absolute atomic E-state index is 11.9. The van der Waals surface area contributed by atoms with Crippen molar-refractivity contribution >= 4 is 29.2 Å². The van der Waals surface area contributed by atoms with Gasteiger partial charge in [0, 0.05) is 18.3 Å². The van der Waals surface area contributed by atoms with Crippen LogP contribution in [0.3, 0.4) is 0 Å². The molecule has 0 saturated heterocycles. The van der Waals surface area contributed by atoms with E-state index in [2.05, 4.69) is 10.6 Å². The predicted octanol–water partition coefficient (Wildman–Crippen LogP) is 2.75. The highest BCUT2D eigenvalue weighted by Crippen LogP contribution is 2.15. The Morgan fingerprint density at radius 1 is 0.958 bits per heavy atom. The van der Waals surface area contributed by atoms with Gasteiger partial charge in [0.2, 0.25) is 5.91 Å². The molecular formula is C18H18N2O4. The lowest BCUT2D eigenvalue weighted by Gasteiger charge is -2.08. The summed E-state index contributed by atoms with van der Waals surface area (Å²) >= 11 is 0. The molecule has 0 spiro atoms. The van der Waals surface area contributed by atoms with Gasteiger partial charge in [-0.15, -0.1) is 0 Å². The summed E-state index contributed by atoms with van der Waals surface area (Å²) in [5, 5.41) is 5.23. The number of ether oxygens (including phenoxy) is 1. The first-order chi connectivity index (χ1) is 11.4. The molecule has 6 heteroatoms. The van der Waals surface area contributed by atoms with E-state index in [0.717, 1.165) is 5.56 Å². The monoisotopic (exact) mass is 326 g/mol. The largest absolute Gasteiger partial charge is 0.452 e. The Bertz CT molecular complexity index is 771. The van der Waals surface area contributed by atoms with Gasteiger partial charge in [-0.25, -0.2) is 4.79 Å². The second-order valence-corrected chi connectivity index (χ2v) is 5.26. The van der Waals surface area contributed by atoms with Crippen molar-refractivity contribution in [3.8, 4) is 0 Å². The van der Waals surface area contributed by atoms with E-state index in [1.54, 1.807) is 42.5 Å². The smallest absolute Gasteiger partial charge is 0.338 e. The minimum absolute atomic E-state index is 0.203. The van der Waals surface area contributed by atoms with Gasteiger partial charge < -0.3 is 15.4 Å². The van der Waals surface area contributed by atoms with E-state index in [4.69, 9.17) is 4.74 Å². The van der Waals surface area contributed by atoms with Gasteiger partial charge in [0.1, 0.15) is 0 Å². The average Bonchev–Trinajstić information content (AvgIpc) is 2.52. The third kappa shape index (κ3) is 5.24. The van der Waals surface area contributed by atoms with Crippen LogP contribution in [-0.4, -0.2) is 24.4 Å². The zero-order valence-corrected chi connectivity index (χ0v) is 13.5. The summed E-state index contributed by atoms with van der Waals surface area (Å²) in [7, 11) is 0. The molecule has 0 unspecified atom stereocenters. The van der Waals surface area contributed by atoms with Crippen LogP contribution in [0.25, 0.3) is 0 Å². The third-order valence-electron chi connectivity index (χ3n) is 3.05. The summed E-state index contributed by atoms with van der Waals surface area (Å²) in [4.78, 5) is 34.8. The molecule has 2 N–H and O–H groups in total. The topological polar surface area (TPSA) is 84.5 Å². The highest BCUT2D eigenvalue weighted by Gasteiger charge is 2.10. The molecule has 6 nitrogen and oxygen atoms in total. The van der Waals surface area contributed by atoms with Crippen LogP contribution < -0.4 is 10.6 Å². The average molecular weight is 326 g/mol. The van der Waals surface area contributed by atoms with E-state index in [-0.39, 0.29) is 5.91 Å². The molecule has 2 amide bonds. The Balaban J connectivity index is 1.89. The van der Waals surface area contributed by atoms with Gasteiger partial charge in [0.05, 0.1) is 5.56 Å². The van der Waals surface area contributed by atoms with E-state index < -0.39 is 18.5 Å². The Morgan fingerprint density at radius 2 is 1.62 bits per heavy atom. The van der Waals surface area contributed by atoms with Crippen molar-refractivity contribution in [2.75, 3.05) is 17.2 Å². The number of carbonyl (C=O) groups excluding carboxylic acids is 3. The summed E-state index contributed by atoms with van der Waals surface area (Å²) in [6.07, 6.45) is 0. The normalized spacial score (nSPS) is 9.92. The molecule has 0 aliphatic carbocycles. The van der Waals surface area contributed by atoms with E-state index >= 15 is 0 Å². The van der Waals surface area contributed by atoms with Crippen LogP contribution in [0.1, 0.15) is 22.8 Å². The zero-order chi connectivity index (χ0) is 17.5. The molecule has 124 valence electrons. The molecule has 0 aliphatic rings. The summed E-state index contributed by atoms with van der Waals surface area (Å²) in [5.41, 5.74) is 2.40. The van der Waals surface area contributed by atoms with Crippen molar-refractivity contribution in [1.82, 2.24) is 0 Å². The van der Waals surface area contributed by atoms with Crippen molar-refractivity contribution in [3.05, 3.63) is 59.7 Å². The molecular weight excluding hydrogens is 308 g/mol. The molecule has 2 aromatic rings. The first kappa shape index (κ1) is 17.2. The lowest BCUT2D eigenvalue weighted by molar-refractivity contribution is -0.119. The summed E-state index contributed by atoms with van der Waals surface area (Å²) < 4.78 is 4.99. The quantitative estimate of drug-likeness (QED) is 0.828. The van der Waals surface area contributed by atoms with Crippen LogP contribution in [-0.2, 0) is 14.3 Å². The van der Waals surface area contributed by atoms with E-state index in [9.17, 15) is 14.4 Å². The van der Waals surface area contributed by atoms with Crippen molar-refractivity contribution in [2.45, 2.75) is 13.8 Å². The number of hydrogen-bond acceptors (Lipinski definition) is 4. The molecule has 0 heterocycles. The first-order valence-corrected chi connectivity index (χ1v) is 7.35. The number of carbonyl (C=O) groups is 3. The molecule has 0 atom stereocenters. The number of esters is 1. The number of hydrogen-bond donors (Lipinski definition) is 2. The fourth-order valence-electron chi connectivity index (χ4n) is 2.06. The van der Waals surface area contributed by atoms with Gasteiger partial charge >= 0.3 is 5.97 Å². The standard InChI is InChI=1S/C18H18N2O4/c1-12-5-3-6-14(9-12)18(23)24-11-17(22)20-16-8-4-7-15(10-16)19-13(2)21/h3-10H,11H2,1-2H3,(H,19,21)(H,20,22). The number of amides is 2. The van der Waals surface area contributed by atoms with Crippen LogP contribution >= 0.6 is 0 Å². The van der Waals surface area contributed by atoms with Crippen molar-refractivity contribution in [3.63, 3.8) is 0 Å². The molecule has 0 bridgehead atoms. The van der Waals surface area contributed by atoms with Crippen molar-refractivity contribution in [2.24, 2.45) is 0 Å². The van der Waals surface area contributed by atoms with Gasteiger partial charge in [-0.1, -0.05) is 23.8 Å².